The summed E-state index contributed by atoms with van der Waals surface area (Å²) in [4.78, 5) is 21.9. The molecular weight excluding hydrogens is 290 g/mol. The maximum absolute atomic E-state index is 13.0. The highest BCUT2D eigenvalue weighted by Gasteiger charge is 2.34. The number of aromatic nitrogens is 3. The number of likely N-dealkylation sites (N-methyl/N-ethyl adjacent to an activating group) is 1. The zero-order valence-corrected chi connectivity index (χ0v) is 14.7. The van der Waals surface area contributed by atoms with Crippen molar-refractivity contribution in [3.05, 3.63) is 11.6 Å². The van der Waals surface area contributed by atoms with Crippen molar-refractivity contribution in [2.75, 3.05) is 26.2 Å². The Kier molecular flexibility index (Phi) is 4.99. The van der Waals surface area contributed by atoms with Crippen molar-refractivity contribution in [1.29, 1.82) is 0 Å². The molecule has 23 heavy (non-hydrogen) atoms. The molecule has 3 heterocycles. The van der Waals surface area contributed by atoms with Crippen LogP contribution in [0.3, 0.4) is 0 Å². The monoisotopic (exact) mass is 319 g/mol. The number of carbonyl (C=O) groups excluding carboxylic acids is 1. The molecule has 2 fully saturated rings. The Balaban J connectivity index is 1.70. The molecule has 0 unspecified atom stereocenters. The van der Waals surface area contributed by atoms with Gasteiger partial charge in [-0.1, -0.05) is 13.3 Å². The molecule has 0 saturated carbocycles. The molecule has 2 aliphatic rings. The van der Waals surface area contributed by atoms with Crippen LogP contribution < -0.4 is 0 Å². The van der Waals surface area contributed by atoms with Crippen molar-refractivity contribution in [3.63, 3.8) is 0 Å². The van der Waals surface area contributed by atoms with Gasteiger partial charge in [0, 0.05) is 13.1 Å². The van der Waals surface area contributed by atoms with Crippen molar-refractivity contribution in [2.24, 2.45) is 0 Å². The van der Waals surface area contributed by atoms with E-state index in [0.717, 1.165) is 57.1 Å². The number of nitrogens with zero attached hydrogens (tertiary/aromatic N) is 5. The number of amides is 1. The molecule has 0 aliphatic carbocycles. The van der Waals surface area contributed by atoms with Gasteiger partial charge < -0.3 is 4.90 Å². The van der Waals surface area contributed by atoms with Gasteiger partial charge in [0.1, 0.15) is 11.6 Å². The average molecular weight is 319 g/mol. The Morgan fingerprint density at radius 2 is 2.00 bits per heavy atom. The van der Waals surface area contributed by atoms with Crippen LogP contribution in [0.15, 0.2) is 0 Å². The summed E-state index contributed by atoms with van der Waals surface area (Å²) in [6.45, 7) is 9.77. The van der Waals surface area contributed by atoms with Crippen LogP contribution in [0.4, 0.5) is 0 Å². The van der Waals surface area contributed by atoms with Crippen molar-refractivity contribution in [2.45, 2.75) is 65.0 Å². The van der Waals surface area contributed by atoms with Crippen molar-refractivity contribution in [3.8, 4) is 0 Å². The minimum absolute atomic E-state index is 0.0890. The Morgan fingerprint density at radius 1 is 1.17 bits per heavy atom. The molecule has 1 amide bonds. The maximum Gasteiger partial charge on any atom is 0.239 e. The van der Waals surface area contributed by atoms with Crippen molar-refractivity contribution in [1.82, 2.24) is 24.6 Å². The zero-order chi connectivity index (χ0) is 16.4. The van der Waals surface area contributed by atoms with Crippen molar-refractivity contribution < 1.29 is 4.79 Å². The first-order chi connectivity index (χ1) is 11.1. The zero-order valence-electron chi connectivity index (χ0n) is 14.7. The third kappa shape index (κ3) is 3.42. The molecule has 0 bridgehead atoms. The molecular formula is C17H29N5O. The molecule has 0 spiro atoms. The van der Waals surface area contributed by atoms with Gasteiger partial charge in [-0.3, -0.25) is 9.69 Å². The second-order valence-corrected chi connectivity index (χ2v) is 6.87. The lowest BCUT2D eigenvalue weighted by atomic mass is 9.98. The van der Waals surface area contributed by atoms with E-state index in [1.165, 1.54) is 12.8 Å². The largest absolute Gasteiger partial charge is 0.339 e. The summed E-state index contributed by atoms with van der Waals surface area (Å²) in [5.74, 6) is 2.09. The first kappa shape index (κ1) is 16.4. The molecule has 1 aromatic rings. The van der Waals surface area contributed by atoms with E-state index >= 15 is 0 Å². The van der Waals surface area contributed by atoms with Gasteiger partial charge in [0.15, 0.2) is 0 Å². The van der Waals surface area contributed by atoms with E-state index in [4.69, 9.17) is 0 Å². The van der Waals surface area contributed by atoms with Gasteiger partial charge in [-0.15, -0.1) is 0 Å². The fourth-order valence-electron chi connectivity index (χ4n) is 4.10. The van der Waals surface area contributed by atoms with E-state index in [9.17, 15) is 4.79 Å². The second kappa shape index (κ2) is 6.99. The van der Waals surface area contributed by atoms with Crippen LogP contribution in [0.5, 0.6) is 0 Å². The van der Waals surface area contributed by atoms with Gasteiger partial charge in [-0.25, -0.2) is 9.67 Å². The molecule has 1 aromatic heterocycles. The van der Waals surface area contributed by atoms with E-state index in [2.05, 4.69) is 26.8 Å². The van der Waals surface area contributed by atoms with Crippen LogP contribution in [0.1, 0.15) is 56.7 Å². The summed E-state index contributed by atoms with van der Waals surface area (Å²) in [5, 5.41) is 4.53. The molecule has 2 aliphatic heterocycles. The summed E-state index contributed by atoms with van der Waals surface area (Å²) >= 11 is 0. The van der Waals surface area contributed by atoms with Gasteiger partial charge in [0.05, 0.1) is 12.1 Å². The Morgan fingerprint density at radius 3 is 2.70 bits per heavy atom. The fourth-order valence-corrected chi connectivity index (χ4v) is 4.10. The van der Waals surface area contributed by atoms with E-state index < -0.39 is 0 Å². The SMILES string of the molecule is CCN1CCCC[C@@H]1C(=O)N1CCC[C@@H](n2nc(C)nc2C)C1. The van der Waals surface area contributed by atoms with E-state index in [0.29, 0.717) is 5.91 Å². The predicted molar refractivity (Wildman–Crippen MR) is 89.2 cm³/mol. The Bertz CT molecular complexity index is 555. The van der Waals surface area contributed by atoms with E-state index in [1.807, 2.05) is 18.5 Å². The Hall–Kier alpha value is -1.43. The van der Waals surface area contributed by atoms with E-state index in [1.54, 1.807) is 0 Å². The highest BCUT2D eigenvalue weighted by Crippen LogP contribution is 2.25. The molecule has 6 heteroatoms. The summed E-state index contributed by atoms with van der Waals surface area (Å²) in [6, 6.07) is 0.360. The Labute approximate surface area is 138 Å². The molecule has 3 rings (SSSR count). The summed E-state index contributed by atoms with van der Waals surface area (Å²) in [5.41, 5.74) is 0. The average Bonchev–Trinajstić information content (AvgIpc) is 2.92. The van der Waals surface area contributed by atoms with E-state index in [-0.39, 0.29) is 12.1 Å². The first-order valence-electron chi connectivity index (χ1n) is 9.02. The topological polar surface area (TPSA) is 54.3 Å². The van der Waals surface area contributed by atoms with Crippen molar-refractivity contribution >= 4 is 5.91 Å². The van der Waals surface area contributed by atoms with Gasteiger partial charge in [-0.05, 0) is 52.6 Å². The normalized spacial score (nSPS) is 26.5. The number of hydrogen-bond acceptors (Lipinski definition) is 4. The number of piperidine rings is 2. The summed E-state index contributed by atoms with van der Waals surface area (Å²) in [6.07, 6.45) is 5.53. The van der Waals surface area contributed by atoms with Crippen LogP contribution in [0.25, 0.3) is 0 Å². The predicted octanol–water partition coefficient (Wildman–Crippen LogP) is 1.93. The van der Waals surface area contributed by atoms with Crippen LogP contribution in [0.2, 0.25) is 0 Å². The minimum Gasteiger partial charge on any atom is -0.339 e. The number of likely N-dealkylation sites (tertiary alicyclic amines) is 2. The molecule has 0 N–H and O–H groups in total. The molecule has 0 radical (unpaired) electrons. The lowest BCUT2D eigenvalue weighted by Gasteiger charge is -2.40. The highest BCUT2D eigenvalue weighted by atomic mass is 16.2. The lowest BCUT2D eigenvalue weighted by Crippen LogP contribution is -2.53. The molecule has 128 valence electrons. The fraction of sp³-hybridized carbons (Fsp3) is 0.824. The number of aryl methyl sites for hydroxylation is 2. The molecule has 0 aromatic carbocycles. The molecule has 6 nitrogen and oxygen atoms in total. The van der Waals surface area contributed by atoms with Gasteiger partial charge >= 0.3 is 0 Å². The van der Waals surface area contributed by atoms with Crippen LogP contribution in [0, 0.1) is 13.8 Å². The smallest absolute Gasteiger partial charge is 0.239 e. The maximum atomic E-state index is 13.0. The third-order valence-corrected chi connectivity index (χ3v) is 5.27. The van der Waals surface area contributed by atoms with Gasteiger partial charge in [-0.2, -0.15) is 5.10 Å². The number of carbonyl (C=O) groups is 1. The second-order valence-electron chi connectivity index (χ2n) is 6.87. The number of hydrogen-bond donors (Lipinski definition) is 0. The van der Waals surface area contributed by atoms with Crippen LogP contribution in [-0.4, -0.2) is 62.7 Å². The number of rotatable bonds is 3. The summed E-state index contributed by atoms with van der Waals surface area (Å²) in [7, 11) is 0. The molecule has 2 saturated heterocycles. The quantitative estimate of drug-likeness (QED) is 0.854. The van der Waals surface area contributed by atoms with Gasteiger partial charge in [0.25, 0.3) is 0 Å². The lowest BCUT2D eigenvalue weighted by molar-refractivity contribution is -0.140. The summed E-state index contributed by atoms with van der Waals surface area (Å²) < 4.78 is 2.02. The first-order valence-corrected chi connectivity index (χ1v) is 9.02. The third-order valence-electron chi connectivity index (χ3n) is 5.27. The highest BCUT2D eigenvalue weighted by molar-refractivity contribution is 5.82. The standard InChI is InChI=1S/C17H29N5O/c1-4-20-10-6-5-9-16(20)17(23)21-11-7-8-15(12-21)22-14(3)18-13(2)19-22/h15-16H,4-12H2,1-3H3/t15-,16-/m1/s1. The molecule has 2 atom stereocenters. The van der Waals surface area contributed by atoms with Crippen LogP contribution >= 0.6 is 0 Å². The van der Waals surface area contributed by atoms with Gasteiger partial charge in [0.2, 0.25) is 5.91 Å². The minimum atomic E-state index is 0.0890. The van der Waals surface area contributed by atoms with Crippen LogP contribution in [-0.2, 0) is 4.79 Å².